The number of carbonyl (C=O) groups excluding carboxylic acids is 1. The summed E-state index contributed by atoms with van der Waals surface area (Å²) in [7, 11) is 2.34. The number of hydrogen-bond donors (Lipinski definition) is 1. The lowest BCUT2D eigenvalue weighted by Gasteiger charge is -2.54. The highest BCUT2D eigenvalue weighted by molar-refractivity contribution is 6.03. The number of rotatable bonds is 3. The molecule has 1 aromatic heterocycles. The molecule has 2 bridgehead atoms. The summed E-state index contributed by atoms with van der Waals surface area (Å²) in [5.41, 5.74) is 7.35. The van der Waals surface area contributed by atoms with Crippen LogP contribution in [0, 0.1) is 0 Å². The van der Waals surface area contributed by atoms with Crippen LogP contribution in [0.25, 0.3) is 11.1 Å². The predicted octanol–water partition coefficient (Wildman–Crippen LogP) is 3.38. The van der Waals surface area contributed by atoms with Crippen LogP contribution in [0.3, 0.4) is 0 Å². The first-order chi connectivity index (χ1) is 15.5. The number of primary amides is 1. The summed E-state index contributed by atoms with van der Waals surface area (Å²) in [6.07, 6.45) is 11.6. The monoisotopic (exact) mass is 437 g/mol. The molecular formula is C25H35N5O2. The van der Waals surface area contributed by atoms with Crippen LogP contribution in [-0.2, 0) is 0 Å². The van der Waals surface area contributed by atoms with E-state index in [-0.39, 0.29) is 5.54 Å². The normalized spacial score (nSPS) is 30.9. The average molecular weight is 438 g/mol. The molecule has 172 valence electrons. The number of anilines is 1. The van der Waals surface area contributed by atoms with Crippen molar-refractivity contribution in [3.8, 4) is 0 Å². The summed E-state index contributed by atoms with van der Waals surface area (Å²) in [5, 5.41) is 0. The number of hydrogen-bond acceptors (Lipinski definition) is 6. The first-order valence-corrected chi connectivity index (χ1v) is 12.5. The third kappa shape index (κ3) is 3.24. The smallest absolute Gasteiger partial charge is 0.298 e. The Morgan fingerprint density at radius 3 is 2.56 bits per heavy atom. The zero-order valence-electron chi connectivity index (χ0n) is 19.1. The van der Waals surface area contributed by atoms with E-state index in [0.717, 1.165) is 31.7 Å². The number of amides is 1. The van der Waals surface area contributed by atoms with Crippen LogP contribution in [-0.4, -0.2) is 71.0 Å². The minimum Gasteiger partial charge on any atom is -0.423 e. The van der Waals surface area contributed by atoms with Gasteiger partial charge in [0.15, 0.2) is 5.58 Å². The molecule has 1 aliphatic carbocycles. The van der Waals surface area contributed by atoms with Gasteiger partial charge in [-0.15, -0.1) is 0 Å². The van der Waals surface area contributed by atoms with Crippen LogP contribution in [0.5, 0.6) is 0 Å². The van der Waals surface area contributed by atoms with Crippen LogP contribution in [0.15, 0.2) is 22.6 Å². The van der Waals surface area contributed by atoms with Crippen molar-refractivity contribution in [3.05, 3.63) is 23.8 Å². The van der Waals surface area contributed by atoms with E-state index in [2.05, 4.69) is 21.7 Å². The Bertz CT molecular complexity index is 999. The highest BCUT2D eigenvalue weighted by Crippen LogP contribution is 2.43. The quantitative estimate of drug-likeness (QED) is 0.793. The SMILES string of the molecule is CN1C2CCCC1CC(N1CCN(c3nc4c(C(N)=O)cccc4o3)C3(CCCC3)C1)C2. The molecule has 32 heavy (non-hydrogen) atoms. The zero-order chi connectivity index (χ0) is 21.9. The van der Waals surface area contributed by atoms with E-state index in [0.29, 0.717) is 28.7 Å². The number of aromatic nitrogens is 1. The first kappa shape index (κ1) is 20.5. The summed E-state index contributed by atoms with van der Waals surface area (Å²) >= 11 is 0. The van der Waals surface area contributed by atoms with Gasteiger partial charge in [-0.3, -0.25) is 9.69 Å². The van der Waals surface area contributed by atoms with Gasteiger partial charge < -0.3 is 20.0 Å². The molecule has 0 radical (unpaired) electrons. The van der Waals surface area contributed by atoms with Crippen molar-refractivity contribution in [2.75, 3.05) is 31.6 Å². The Morgan fingerprint density at radius 1 is 1.09 bits per heavy atom. The van der Waals surface area contributed by atoms with Crippen LogP contribution in [0.1, 0.15) is 68.1 Å². The molecule has 3 aliphatic heterocycles. The highest BCUT2D eigenvalue weighted by atomic mass is 16.4. The molecule has 2 aromatic rings. The van der Waals surface area contributed by atoms with Gasteiger partial charge in [0.1, 0.15) is 5.52 Å². The molecule has 2 atom stereocenters. The molecule has 3 saturated heterocycles. The van der Waals surface area contributed by atoms with E-state index in [1.807, 2.05) is 12.1 Å². The molecule has 4 heterocycles. The Balaban J connectivity index is 1.28. The number of para-hydroxylation sites is 1. The molecule has 1 aromatic carbocycles. The van der Waals surface area contributed by atoms with E-state index in [4.69, 9.17) is 15.1 Å². The largest absolute Gasteiger partial charge is 0.423 e. The van der Waals surface area contributed by atoms with E-state index in [1.54, 1.807) is 6.07 Å². The molecule has 2 unspecified atom stereocenters. The summed E-state index contributed by atoms with van der Waals surface area (Å²) in [5.74, 6) is -0.455. The second kappa shape index (κ2) is 7.73. The minimum atomic E-state index is -0.455. The van der Waals surface area contributed by atoms with Gasteiger partial charge in [0.25, 0.3) is 11.9 Å². The van der Waals surface area contributed by atoms with Crippen molar-refractivity contribution in [1.82, 2.24) is 14.8 Å². The van der Waals surface area contributed by atoms with Crippen LogP contribution >= 0.6 is 0 Å². The third-order valence-electron chi connectivity index (χ3n) is 8.95. The Kier molecular flexibility index (Phi) is 4.95. The van der Waals surface area contributed by atoms with Gasteiger partial charge in [0, 0.05) is 37.8 Å². The average Bonchev–Trinajstić information content (AvgIpc) is 3.40. The van der Waals surface area contributed by atoms with Crippen molar-refractivity contribution in [1.29, 1.82) is 0 Å². The number of benzene rings is 1. The fraction of sp³-hybridized carbons (Fsp3) is 0.680. The third-order valence-corrected chi connectivity index (χ3v) is 8.95. The molecule has 1 saturated carbocycles. The molecule has 4 aliphatic rings. The second-order valence-corrected chi connectivity index (χ2v) is 10.6. The number of piperidine rings is 2. The standard InChI is InChI=1S/C25H35N5O2/c1-28-17-6-4-7-18(28)15-19(14-17)29-12-13-30(25(16-29)10-2-3-11-25)24-27-22-20(23(26)31)8-5-9-21(22)32-24/h5,8-9,17-19H,2-4,6-7,10-16H2,1H3,(H2,26,31). The minimum absolute atomic E-state index is 0.0878. The van der Waals surface area contributed by atoms with Gasteiger partial charge in [0.05, 0.1) is 11.1 Å². The molecule has 7 heteroatoms. The van der Waals surface area contributed by atoms with Crippen LogP contribution < -0.4 is 10.6 Å². The Hall–Kier alpha value is -2.12. The van der Waals surface area contributed by atoms with Gasteiger partial charge in [0.2, 0.25) is 0 Å². The summed E-state index contributed by atoms with van der Waals surface area (Å²) in [6, 6.07) is 8.31. The number of oxazole rings is 1. The lowest BCUT2D eigenvalue weighted by Crippen LogP contribution is -2.65. The topological polar surface area (TPSA) is 78.8 Å². The maximum atomic E-state index is 11.9. The first-order valence-electron chi connectivity index (χ1n) is 12.5. The summed E-state index contributed by atoms with van der Waals surface area (Å²) in [6.45, 7) is 3.08. The van der Waals surface area contributed by atoms with Gasteiger partial charge in [-0.25, -0.2) is 0 Å². The lowest BCUT2D eigenvalue weighted by molar-refractivity contribution is -0.00477. The van der Waals surface area contributed by atoms with Gasteiger partial charge >= 0.3 is 0 Å². The molecule has 6 rings (SSSR count). The van der Waals surface area contributed by atoms with Crippen molar-refractivity contribution in [2.45, 2.75) is 81.5 Å². The number of piperazine rings is 1. The fourth-order valence-electron chi connectivity index (χ4n) is 7.22. The van der Waals surface area contributed by atoms with Crippen LogP contribution in [0.4, 0.5) is 6.01 Å². The van der Waals surface area contributed by atoms with Gasteiger partial charge in [-0.1, -0.05) is 25.3 Å². The maximum Gasteiger partial charge on any atom is 0.298 e. The number of nitrogens with zero attached hydrogens (tertiary/aromatic N) is 4. The highest BCUT2D eigenvalue weighted by Gasteiger charge is 2.48. The van der Waals surface area contributed by atoms with E-state index >= 15 is 0 Å². The number of nitrogens with two attached hydrogens (primary N) is 1. The number of carbonyl (C=O) groups is 1. The fourth-order valence-corrected chi connectivity index (χ4v) is 7.22. The molecule has 1 spiro atoms. The number of fused-ring (bicyclic) bond motifs is 3. The Morgan fingerprint density at radius 2 is 1.84 bits per heavy atom. The predicted molar refractivity (Wildman–Crippen MR) is 125 cm³/mol. The lowest BCUT2D eigenvalue weighted by atomic mass is 9.80. The maximum absolute atomic E-state index is 11.9. The van der Waals surface area contributed by atoms with E-state index < -0.39 is 5.91 Å². The molecular weight excluding hydrogens is 402 g/mol. The summed E-state index contributed by atoms with van der Waals surface area (Å²) < 4.78 is 6.22. The van der Waals surface area contributed by atoms with Crippen molar-refractivity contribution in [3.63, 3.8) is 0 Å². The molecule has 7 nitrogen and oxygen atoms in total. The molecule has 2 N–H and O–H groups in total. The van der Waals surface area contributed by atoms with E-state index in [9.17, 15) is 4.79 Å². The zero-order valence-corrected chi connectivity index (χ0v) is 19.1. The molecule has 1 amide bonds. The van der Waals surface area contributed by atoms with Gasteiger partial charge in [-0.2, -0.15) is 4.98 Å². The second-order valence-electron chi connectivity index (χ2n) is 10.6. The molecule has 4 fully saturated rings. The van der Waals surface area contributed by atoms with Gasteiger partial charge in [-0.05, 0) is 57.7 Å². The summed E-state index contributed by atoms with van der Waals surface area (Å²) in [4.78, 5) is 24.6. The van der Waals surface area contributed by atoms with Crippen LogP contribution in [0.2, 0.25) is 0 Å². The van der Waals surface area contributed by atoms with Crippen molar-refractivity contribution >= 4 is 23.0 Å². The Labute approximate surface area is 189 Å². The van der Waals surface area contributed by atoms with Crippen molar-refractivity contribution in [2.24, 2.45) is 5.73 Å². The van der Waals surface area contributed by atoms with E-state index in [1.165, 1.54) is 57.8 Å². The van der Waals surface area contributed by atoms with Crippen molar-refractivity contribution < 1.29 is 9.21 Å².